The van der Waals surface area contributed by atoms with E-state index in [4.69, 9.17) is 9.47 Å². The summed E-state index contributed by atoms with van der Waals surface area (Å²) in [5, 5.41) is 22.9. The summed E-state index contributed by atoms with van der Waals surface area (Å²) < 4.78 is 11.5. The van der Waals surface area contributed by atoms with Gasteiger partial charge in [-0.2, -0.15) is 5.26 Å². The number of halogens is 2. The minimum Gasteiger partial charge on any atom is -0.493 e. The third-order valence-electron chi connectivity index (χ3n) is 4.54. The molecule has 1 N–H and O–H groups in total. The fraction of sp³-hybridized carbons (Fsp3) is 0.0417. The van der Waals surface area contributed by atoms with E-state index in [0.29, 0.717) is 15.6 Å². The number of carbonyl (C=O) groups excluding carboxylic acids is 2. The Balaban J connectivity index is 1.86. The van der Waals surface area contributed by atoms with Crippen molar-refractivity contribution >= 4 is 61.2 Å². The summed E-state index contributed by atoms with van der Waals surface area (Å²) in [5.74, 6) is -0.975. The van der Waals surface area contributed by atoms with Crippen molar-refractivity contribution in [2.45, 2.75) is 0 Å². The zero-order chi connectivity index (χ0) is 25.5. The van der Waals surface area contributed by atoms with Crippen molar-refractivity contribution in [2.75, 3.05) is 12.4 Å². The maximum Gasteiger partial charge on any atom is 0.343 e. The van der Waals surface area contributed by atoms with Crippen molar-refractivity contribution in [1.29, 1.82) is 5.26 Å². The first kappa shape index (κ1) is 25.6. The molecule has 3 aromatic carbocycles. The van der Waals surface area contributed by atoms with Crippen molar-refractivity contribution in [1.82, 2.24) is 0 Å². The highest BCUT2D eigenvalue weighted by molar-refractivity contribution is 9.11. The van der Waals surface area contributed by atoms with E-state index in [9.17, 15) is 25.0 Å². The van der Waals surface area contributed by atoms with Gasteiger partial charge in [0, 0.05) is 16.6 Å². The lowest BCUT2D eigenvalue weighted by atomic mass is 10.1. The number of hydrogen-bond donors (Lipinski definition) is 1. The lowest BCUT2D eigenvalue weighted by molar-refractivity contribution is -0.384. The number of nitrogens with one attached hydrogen (secondary N) is 1. The molecule has 0 heterocycles. The molecule has 1 amide bonds. The SMILES string of the molecule is COc1cc(/C=C(/C#N)C(=O)Nc2ccc([N+](=O)[O-])cc2Br)cc(Br)c1OC(=O)c1ccccc1. The van der Waals surface area contributed by atoms with E-state index >= 15 is 0 Å². The van der Waals surface area contributed by atoms with Crippen LogP contribution in [0.15, 0.2) is 75.2 Å². The Morgan fingerprint density at radius 2 is 1.80 bits per heavy atom. The van der Waals surface area contributed by atoms with Gasteiger partial charge in [0.2, 0.25) is 0 Å². The van der Waals surface area contributed by atoms with Gasteiger partial charge in [-0.15, -0.1) is 0 Å². The number of carbonyl (C=O) groups is 2. The minimum atomic E-state index is -0.725. The normalized spacial score (nSPS) is 10.7. The second kappa shape index (κ2) is 11.4. The summed E-state index contributed by atoms with van der Waals surface area (Å²) in [6.45, 7) is 0. The van der Waals surface area contributed by atoms with Crippen LogP contribution in [-0.2, 0) is 4.79 Å². The number of anilines is 1. The number of benzene rings is 3. The van der Waals surface area contributed by atoms with Crippen LogP contribution in [0.25, 0.3) is 6.08 Å². The number of hydrogen-bond acceptors (Lipinski definition) is 7. The second-order valence-corrected chi connectivity index (χ2v) is 8.54. The van der Waals surface area contributed by atoms with Crippen molar-refractivity contribution < 1.29 is 24.0 Å². The van der Waals surface area contributed by atoms with Gasteiger partial charge in [-0.05, 0) is 73.8 Å². The van der Waals surface area contributed by atoms with E-state index in [1.54, 1.807) is 36.4 Å². The standard InChI is InChI=1S/C24H15Br2N3O6/c1-34-21-11-14(10-19(26)22(21)35-24(31)15-5-3-2-4-6-15)9-16(13-27)23(30)28-20-8-7-17(29(32)33)12-18(20)25/h2-12H,1H3,(H,28,30)/b16-9-. The van der Waals surface area contributed by atoms with Gasteiger partial charge in [0.15, 0.2) is 11.5 Å². The first-order valence-electron chi connectivity index (χ1n) is 9.75. The average molecular weight is 601 g/mol. The largest absolute Gasteiger partial charge is 0.493 e. The lowest BCUT2D eigenvalue weighted by Gasteiger charge is -2.12. The second-order valence-electron chi connectivity index (χ2n) is 6.83. The quantitative estimate of drug-likeness (QED) is 0.0892. The molecule has 176 valence electrons. The molecule has 0 atom stereocenters. The minimum absolute atomic E-state index is 0.135. The van der Waals surface area contributed by atoms with Crippen molar-refractivity contribution in [3.05, 3.63) is 96.4 Å². The predicted octanol–water partition coefficient (Wildman–Crippen LogP) is 5.89. The predicted molar refractivity (Wildman–Crippen MR) is 135 cm³/mol. The molecule has 3 aromatic rings. The monoisotopic (exact) mass is 599 g/mol. The van der Waals surface area contributed by atoms with Crippen molar-refractivity contribution in [2.24, 2.45) is 0 Å². The summed E-state index contributed by atoms with van der Waals surface area (Å²) in [4.78, 5) is 35.4. The fourth-order valence-electron chi connectivity index (χ4n) is 2.87. The molecule has 0 unspecified atom stereocenters. The smallest absolute Gasteiger partial charge is 0.343 e. The van der Waals surface area contributed by atoms with Crippen LogP contribution in [-0.4, -0.2) is 23.9 Å². The van der Waals surface area contributed by atoms with Crippen LogP contribution >= 0.6 is 31.9 Å². The first-order chi connectivity index (χ1) is 16.7. The van der Waals surface area contributed by atoms with Crippen LogP contribution in [0.4, 0.5) is 11.4 Å². The molecule has 0 aromatic heterocycles. The zero-order valence-electron chi connectivity index (χ0n) is 18.0. The Hall–Kier alpha value is -4.01. The molecule has 0 bridgehead atoms. The number of esters is 1. The number of non-ortho nitro benzene ring substituents is 1. The number of ether oxygens (including phenoxy) is 2. The summed E-state index contributed by atoms with van der Waals surface area (Å²) in [6.07, 6.45) is 1.32. The molecule has 0 saturated carbocycles. The van der Waals surface area contributed by atoms with Crippen molar-refractivity contribution in [3.8, 4) is 17.6 Å². The molecule has 0 spiro atoms. The molecule has 11 heteroatoms. The molecule has 0 radical (unpaired) electrons. The third-order valence-corrected chi connectivity index (χ3v) is 5.79. The maximum atomic E-state index is 12.7. The number of rotatable bonds is 7. The number of amides is 1. The van der Waals surface area contributed by atoms with Crippen LogP contribution in [0, 0.1) is 21.4 Å². The van der Waals surface area contributed by atoms with E-state index in [0.717, 1.165) is 0 Å². The Kier molecular flexibility index (Phi) is 8.35. The molecule has 0 fully saturated rings. The number of nitriles is 1. The molecule has 35 heavy (non-hydrogen) atoms. The number of nitro benzene ring substituents is 1. The van der Waals surface area contributed by atoms with E-state index in [1.807, 2.05) is 6.07 Å². The highest BCUT2D eigenvalue weighted by Crippen LogP contribution is 2.38. The third kappa shape index (κ3) is 6.32. The fourth-order valence-corrected chi connectivity index (χ4v) is 3.88. The Labute approximate surface area is 216 Å². The lowest BCUT2D eigenvalue weighted by Crippen LogP contribution is -2.14. The number of nitrogens with zero attached hydrogens (tertiary/aromatic N) is 2. The first-order valence-corrected chi connectivity index (χ1v) is 11.3. The maximum absolute atomic E-state index is 12.7. The van der Waals surface area contributed by atoms with E-state index in [-0.39, 0.29) is 32.9 Å². The van der Waals surface area contributed by atoms with Crippen LogP contribution in [0.5, 0.6) is 11.5 Å². The summed E-state index contributed by atoms with van der Waals surface area (Å²) in [5.41, 5.74) is 0.631. The van der Waals surface area contributed by atoms with E-state index in [1.165, 1.54) is 37.5 Å². The molecule has 9 nitrogen and oxygen atoms in total. The number of nitro groups is 1. The van der Waals surface area contributed by atoms with Gasteiger partial charge in [-0.1, -0.05) is 18.2 Å². The van der Waals surface area contributed by atoms with Crippen LogP contribution in [0.2, 0.25) is 0 Å². The van der Waals surface area contributed by atoms with Crippen LogP contribution in [0.3, 0.4) is 0 Å². The van der Waals surface area contributed by atoms with E-state index < -0.39 is 16.8 Å². The molecule has 3 rings (SSSR count). The average Bonchev–Trinajstić information content (AvgIpc) is 2.85. The van der Waals surface area contributed by atoms with Crippen LogP contribution in [0.1, 0.15) is 15.9 Å². The molecule has 0 aliphatic rings. The Morgan fingerprint density at radius 3 is 2.40 bits per heavy atom. The summed E-state index contributed by atoms with van der Waals surface area (Å²) >= 11 is 6.51. The molecular weight excluding hydrogens is 586 g/mol. The van der Waals surface area contributed by atoms with E-state index in [2.05, 4.69) is 37.2 Å². The van der Waals surface area contributed by atoms with Gasteiger partial charge in [0.1, 0.15) is 11.6 Å². The highest BCUT2D eigenvalue weighted by atomic mass is 79.9. The molecule has 0 saturated heterocycles. The van der Waals surface area contributed by atoms with Crippen LogP contribution < -0.4 is 14.8 Å². The topological polar surface area (TPSA) is 132 Å². The van der Waals surface area contributed by atoms with Gasteiger partial charge in [0.05, 0.1) is 27.8 Å². The highest BCUT2D eigenvalue weighted by Gasteiger charge is 2.18. The Bertz CT molecular complexity index is 1380. The van der Waals surface area contributed by atoms with Gasteiger partial charge in [-0.3, -0.25) is 14.9 Å². The van der Waals surface area contributed by atoms with Gasteiger partial charge in [0.25, 0.3) is 11.6 Å². The van der Waals surface area contributed by atoms with Gasteiger partial charge >= 0.3 is 5.97 Å². The Morgan fingerprint density at radius 1 is 1.09 bits per heavy atom. The zero-order valence-corrected chi connectivity index (χ0v) is 21.1. The summed E-state index contributed by atoms with van der Waals surface area (Å²) in [6, 6.07) is 17.1. The molecule has 0 aliphatic carbocycles. The molecular formula is C24H15Br2N3O6. The molecule has 0 aliphatic heterocycles. The van der Waals surface area contributed by atoms with Gasteiger partial charge in [-0.25, -0.2) is 4.79 Å². The summed E-state index contributed by atoms with van der Waals surface area (Å²) in [7, 11) is 1.39. The number of methoxy groups -OCH3 is 1. The van der Waals surface area contributed by atoms with Gasteiger partial charge < -0.3 is 14.8 Å². The van der Waals surface area contributed by atoms with Crippen molar-refractivity contribution in [3.63, 3.8) is 0 Å².